The second kappa shape index (κ2) is 6.97. The number of rotatable bonds is 4. The van der Waals surface area contributed by atoms with Gasteiger partial charge in [-0.3, -0.25) is 0 Å². The van der Waals surface area contributed by atoms with Crippen LogP contribution in [0.25, 0.3) is 20.2 Å². The molecule has 0 unspecified atom stereocenters. The standard InChI is InChI=1S/C23H23NS/c1-2-3-15-21(24)20-14-8-13-19-18-12-7-11-17(22(18)25-23(19)20)16-9-5-4-6-10-16/h2-3,7-8,11-16,24H,1,4-6,9-10H2/b15-3-,24-21?/i1D,2D,3D,15D,16D/b2-1?,15-3-,24-21?. The molecule has 0 radical (unpaired) electrons. The van der Waals surface area contributed by atoms with Crippen molar-refractivity contribution in [2.45, 2.75) is 38.0 Å². The Morgan fingerprint density at radius 2 is 1.92 bits per heavy atom. The Balaban J connectivity index is 1.92. The molecule has 0 spiro atoms. The van der Waals surface area contributed by atoms with Gasteiger partial charge in [0.1, 0.15) is 0 Å². The summed E-state index contributed by atoms with van der Waals surface area (Å²) < 4.78 is 41.9. The van der Waals surface area contributed by atoms with Gasteiger partial charge in [-0.05, 0) is 30.4 Å². The SMILES string of the molecule is [2H]C=C([2H])/C([2H])=C(/[2H])C(=N)c1cccc2c1sc1c(C3([2H])CCCCC3)cccc12. The average Bonchev–Trinajstić information content (AvgIpc) is 3.16. The first kappa shape index (κ1) is 11.4. The highest BCUT2D eigenvalue weighted by Gasteiger charge is 2.20. The summed E-state index contributed by atoms with van der Waals surface area (Å²) in [4.78, 5) is 0. The van der Waals surface area contributed by atoms with Crippen LogP contribution < -0.4 is 0 Å². The van der Waals surface area contributed by atoms with Crippen molar-refractivity contribution < 1.29 is 6.85 Å². The van der Waals surface area contributed by atoms with Crippen LogP contribution >= 0.6 is 11.3 Å². The van der Waals surface area contributed by atoms with Gasteiger partial charge in [0.25, 0.3) is 0 Å². The maximum absolute atomic E-state index is 9.11. The zero-order valence-corrected chi connectivity index (χ0v) is 14.8. The van der Waals surface area contributed by atoms with Gasteiger partial charge in [-0.1, -0.05) is 74.3 Å². The van der Waals surface area contributed by atoms with Crippen molar-refractivity contribution in [1.82, 2.24) is 0 Å². The molecule has 126 valence electrons. The van der Waals surface area contributed by atoms with Crippen LogP contribution in [-0.4, -0.2) is 5.71 Å². The number of hydrogen-bond donors (Lipinski definition) is 1. The lowest BCUT2D eigenvalue weighted by molar-refractivity contribution is 0.446. The summed E-state index contributed by atoms with van der Waals surface area (Å²) in [5, 5.41) is 10.6. The van der Waals surface area contributed by atoms with Gasteiger partial charge in [-0.2, -0.15) is 0 Å². The van der Waals surface area contributed by atoms with Crippen LogP contribution in [0.2, 0.25) is 0 Å². The van der Waals surface area contributed by atoms with Crippen molar-refractivity contribution in [2.24, 2.45) is 0 Å². The first-order chi connectivity index (χ1) is 14.4. The van der Waals surface area contributed by atoms with E-state index in [9.17, 15) is 0 Å². The molecule has 2 aromatic carbocycles. The normalized spacial score (nSPS) is 21.8. The summed E-state index contributed by atoms with van der Waals surface area (Å²) in [7, 11) is 0. The van der Waals surface area contributed by atoms with Crippen molar-refractivity contribution in [2.75, 3.05) is 0 Å². The Kier molecular flexibility index (Phi) is 3.19. The third-order valence-electron chi connectivity index (χ3n) is 4.89. The highest BCUT2D eigenvalue weighted by atomic mass is 32.1. The molecule has 1 fully saturated rings. The number of hydrogen-bond acceptors (Lipinski definition) is 2. The van der Waals surface area contributed by atoms with E-state index in [1.807, 2.05) is 18.2 Å². The third-order valence-corrected chi connectivity index (χ3v) is 6.18. The fourth-order valence-electron chi connectivity index (χ4n) is 3.71. The van der Waals surface area contributed by atoms with E-state index in [2.05, 4.69) is 12.1 Å². The Hall–Kier alpha value is -2.19. The lowest BCUT2D eigenvalue weighted by Gasteiger charge is -2.22. The zero-order chi connectivity index (χ0) is 21.5. The lowest BCUT2D eigenvalue weighted by Crippen LogP contribution is -2.04. The number of fused-ring (bicyclic) bond motifs is 3. The highest BCUT2D eigenvalue weighted by molar-refractivity contribution is 7.26. The van der Waals surface area contributed by atoms with Gasteiger partial charge in [0.05, 0.1) is 11.2 Å². The van der Waals surface area contributed by atoms with Gasteiger partial charge in [0, 0.05) is 27.1 Å². The highest BCUT2D eigenvalue weighted by Crippen LogP contribution is 2.43. The molecule has 0 saturated heterocycles. The van der Waals surface area contributed by atoms with Crippen LogP contribution in [0.5, 0.6) is 0 Å². The molecule has 3 aromatic rings. The minimum Gasteiger partial charge on any atom is -0.300 e. The fourth-order valence-corrected chi connectivity index (χ4v) is 5.09. The van der Waals surface area contributed by atoms with Crippen molar-refractivity contribution in [3.8, 4) is 0 Å². The molecule has 1 N–H and O–H groups in total. The van der Waals surface area contributed by atoms with Gasteiger partial charge in [-0.15, -0.1) is 11.3 Å². The number of allylic oxidation sites excluding steroid dienone is 3. The molecule has 1 nitrogen and oxygen atoms in total. The largest absolute Gasteiger partial charge is 0.300 e. The van der Waals surface area contributed by atoms with E-state index >= 15 is 0 Å². The predicted molar refractivity (Wildman–Crippen MR) is 111 cm³/mol. The van der Waals surface area contributed by atoms with E-state index in [1.54, 1.807) is 17.4 Å². The molecule has 1 saturated carbocycles. The molecule has 1 heterocycles. The van der Waals surface area contributed by atoms with E-state index in [1.165, 1.54) is 6.42 Å². The van der Waals surface area contributed by atoms with E-state index in [0.717, 1.165) is 51.4 Å². The molecule has 2 heteroatoms. The molecule has 0 atom stereocenters. The molecule has 1 aliphatic carbocycles. The molecule has 0 bridgehead atoms. The molecule has 0 aliphatic heterocycles. The summed E-state index contributed by atoms with van der Waals surface area (Å²) >= 11 is 1.55. The summed E-state index contributed by atoms with van der Waals surface area (Å²) in [6, 6.07) is 10.6. The zero-order valence-electron chi connectivity index (χ0n) is 19.0. The number of nitrogens with one attached hydrogen (secondary N) is 1. The Labute approximate surface area is 160 Å². The Bertz CT molecular complexity index is 1200. The first-order valence-corrected chi connectivity index (χ1v) is 9.46. The maximum atomic E-state index is 9.11. The second-order valence-corrected chi connectivity index (χ2v) is 7.42. The summed E-state index contributed by atoms with van der Waals surface area (Å²) in [6.45, 7) is 0.717. The molecular weight excluding hydrogens is 322 g/mol. The van der Waals surface area contributed by atoms with Gasteiger partial charge in [0.15, 0.2) is 0 Å². The van der Waals surface area contributed by atoms with E-state index in [0.29, 0.717) is 12.1 Å². The molecular formula is C23H23NS. The molecule has 0 amide bonds. The van der Waals surface area contributed by atoms with E-state index in [-0.39, 0.29) is 17.8 Å². The fraction of sp³-hybridized carbons (Fsp3) is 0.261. The summed E-state index contributed by atoms with van der Waals surface area (Å²) in [5.41, 5.74) is 1.48. The molecule has 1 aromatic heterocycles. The molecule has 1 aliphatic rings. The van der Waals surface area contributed by atoms with Crippen LogP contribution in [-0.2, 0) is 0 Å². The summed E-state index contributed by atoms with van der Waals surface area (Å²) in [5.74, 6) is -0.583. The third kappa shape index (κ3) is 2.96. The number of thiophene rings is 1. The monoisotopic (exact) mass is 350 g/mol. The van der Waals surface area contributed by atoms with Gasteiger partial charge in [-0.25, -0.2) is 0 Å². The van der Waals surface area contributed by atoms with Crippen molar-refractivity contribution >= 4 is 37.2 Å². The van der Waals surface area contributed by atoms with Crippen LogP contribution in [0.15, 0.2) is 61.1 Å². The average molecular weight is 351 g/mol. The Morgan fingerprint density at radius 1 is 1.16 bits per heavy atom. The maximum Gasteiger partial charge on any atom is 0.0645 e. The van der Waals surface area contributed by atoms with Crippen molar-refractivity contribution in [1.29, 1.82) is 5.41 Å². The van der Waals surface area contributed by atoms with Crippen molar-refractivity contribution in [3.63, 3.8) is 0 Å². The van der Waals surface area contributed by atoms with Crippen LogP contribution in [0, 0.1) is 5.41 Å². The van der Waals surface area contributed by atoms with E-state index in [4.69, 9.17) is 12.3 Å². The van der Waals surface area contributed by atoms with Gasteiger partial charge >= 0.3 is 0 Å². The van der Waals surface area contributed by atoms with Crippen LogP contribution in [0.1, 0.15) is 56.0 Å². The van der Waals surface area contributed by atoms with Crippen LogP contribution in [0.3, 0.4) is 0 Å². The topological polar surface area (TPSA) is 23.9 Å². The van der Waals surface area contributed by atoms with Crippen LogP contribution in [0.4, 0.5) is 0 Å². The van der Waals surface area contributed by atoms with Gasteiger partial charge < -0.3 is 5.41 Å². The van der Waals surface area contributed by atoms with Crippen molar-refractivity contribution in [3.05, 3.63) is 72.2 Å². The summed E-state index contributed by atoms with van der Waals surface area (Å²) in [6.07, 6.45) is 5.04. The Morgan fingerprint density at radius 3 is 2.72 bits per heavy atom. The minimum atomic E-state index is -0.583. The van der Waals surface area contributed by atoms with Gasteiger partial charge in [0.2, 0.25) is 0 Å². The quantitative estimate of drug-likeness (QED) is 0.379. The minimum absolute atomic E-state index is 0.122. The second-order valence-electron chi connectivity index (χ2n) is 6.40. The number of benzene rings is 2. The predicted octanol–water partition coefficient (Wildman–Crippen LogP) is 7.21. The molecule has 25 heavy (non-hydrogen) atoms. The lowest BCUT2D eigenvalue weighted by atomic mass is 9.83. The molecule has 4 rings (SSSR count). The first-order valence-electron chi connectivity index (χ1n) is 11.2. The smallest absolute Gasteiger partial charge is 0.0645 e. The van der Waals surface area contributed by atoms with E-state index < -0.39 is 11.9 Å².